The van der Waals surface area contributed by atoms with E-state index in [-0.39, 0.29) is 0 Å². The van der Waals surface area contributed by atoms with E-state index in [2.05, 4.69) is 0 Å². The zero-order chi connectivity index (χ0) is 14.8. The van der Waals surface area contributed by atoms with Gasteiger partial charge in [-0.1, -0.05) is 24.3 Å². The first-order valence-electron chi connectivity index (χ1n) is 5.93. The van der Waals surface area contributed by atoms with Crippen molar-refractivity contribution in [1.29, 1.82) is 0 Å². The Kier molecular flexibility index (Phi) is 4.28. The number of methoxy groups -OCH3 is 1. The summed E-state index contributed by atoms with van der Waals surface area (Å²) in [5, 5.41) is 0. The molecular formula is C13H16NO5P. The molecule has 1 unspecified atom stereocenters. The lowest BCUT2D eigenvalue weighted by Gasteiger charge is -2.35. The van der Waals surface area contributed by atoms with Gasteiger partial charge in [0.15, 0.2) is 5.78 Å². The van der Waals surface area contributed by atoms with Gasteiger partial charge in [-0.15, -0.1) is 0 Å². The summed E-state index contributed by atoms with van der Waals surface area (Å²) in [5.41, 5.74) is 1.43. The molecule has 1 aromatic rings. The lowest BCUT2D eigenvalue weighted by Crippen LogP contribution is -2.41. The van der Waals surface area contributed by atoms with E-state index in [1.807, 2.05) is 12.1 Å². The first kappa shape index (κ1) is 14.8. The van der Waals surface area contributed by atoms with E-state index in [1.54, 1.807) is 24.3 Å². The molecule has 1 amide bonds. The minimum absolute atomic E-state index is 0.598. The number of benzene rings is 1. The number of hydrogen-bond donors (Lipinski definition) is 0. The minimum Gasteiger partial charge on any atom is -0.452 e. The smallest absolute Gasteiger partial charge is 0.415 e. The maximum Gasteiger partial charge on any atom is 0.415 e. The van der Waals surface area contributed by atoms with E-state index in [1.165, 1.54) is 26.2 Å². The molecule has 0 spiro atoms. The van der Waals surface area contributed by atoms with Crippen LogP contribution in [-0.2, 0) is 18.3 Å². The van der Waals surface area contributed by atoms with Crippen molar-refractivity contribution < 1.29 is 23.1 Å². The van der Waals surface area contributed by atoms with E-state index in [4.69, 9.17) is 13.8 Å². The van der Waals surface area contributed by atoms with Crippen molar-refractivity contribution in [2.75, 3.05) is 26.2 Å². The van der Waals surface area contributed by atoms with Crippen LogP contribution in [0.4, 0.5) is 10.5 Å². The molecular weight excluding hydrogens is 281 g/mol. The molecule has 1 aliphatic heterocycles. The van der Waals surface area contributed by atoms with Crippen molar-refractivity contribution in [2.45, 2.75) is 5.78 Å². The number of carbonyl (C=O) groups excluding carboxylic acids is 1. The molecule has 1 heterocycles. The average Bonchev–Trinajstić information content (AvgIpc) is 2.52. The van der Waals surface area contributed by atoms with Gasteiger partial charge >= 0.3 is 13.7 Å². The highest BCUT2D eigenvalue weighted by Gasteiger charge is 2.42. The Hall–Kier alpha value is -1.62. The van der Waals surface area contributed by atoms with Crippen LogP contribution in [-0.4, -0.2) is 33.2 Å². The fourth-order valence-electron chi connectivity index (χ4n) is 2.11. The summed E-state index contributed by atoms with van der Waals surface area (Å²) < 4.78 is 27.4. The second-order valence-electron chi connectivity index (χ2n) is 4.08. The van der Waals surface area contributed by atoms with Crippen LogP contribution in [0.15, 0.2) is 30.3 Å². The summed E-state index contributed by atoms with van der Waals surface area (Å²) in [5.74, 6) is -0.861. The monoisotopic (exact) mass is 297 g/mol. The molecule has 0 saturated heterocycles. The van der Waals surface area contributed by atoms with E-state index in [9.17, 15) is 9.36 Å². The molecule has 1 aromatic carbocycles. The maximum absolute atomic E-state index is 12.6. The van der Waals surface area contributed by atoms with Gasteiger partial charge in [0.2, 0.25) is 0 Å². The number of para-hydroxylation sites is 1. The Labute approximate surface area is 117 Å². The molecule has 0 saturated carbocycles. The summed E-state index contributed by atoms with van der Waals surface area (Å²) in [7, 11) is 0.343. The third-order valence-electron chi connectivity index (χ3n) is 3.11. The van der Waals surface area contributed by atoms with Gasteiger partial charge < -0.3 is 13.8 Å². The van der Waals surface area contributed by atoms with Crippen LogP contribution < -0.4 is 4.90 Å². The van der Waals surface area contributed by atoms with Gasteiger partial charge in [0, 0.05) is 14.2 Å². The zero-order valence-electron chi connectivity index (χ0n) is 11.5. The predicted octanol–water partition coefficient (Wildman–Crippen LogP) is 3.10. The van der Waals surface area contributed by atoms with Gasteiger partial charge in [-0.3, -0.25) is 9.46 Å². The topological polar surface area (TPSA) is 65.1 Å². The summed E-state index contributed by atoms with van der Waals surface area (Å²) in [6.07, 6.45) is 2.78. The van der Waals surface area contributed by atoms with Crippen LogP contribution in [0.25, 0.3) is 6.08 Å². The van der Waals surface area contributed by atoms with Crippen molar-refractivity contribution in [3.63, 3.8) is 0 Å². The highest BCUT2D eigenvalue weighted by atomic mass is 31.2. The van der Waals surface area contributed by atoms with Gasteiger partial charge in [-0.25, -0.2) is 4.79 Å². The van der Waals surface area contributed by atoms with E-state index in [0.717, 1.165) is 5.56 Å². The summed E-state index contributed by atoms with van der Waals surface area (Å²) in [4.78, 5) is 13.3. The summed E-state index contributed by atoms with van der Waals surface area (Å²) in [6, 6.07) is 7.24. The van der Waals surface area contributed by atoms with Gasteiger partial charge in [0.1, 0.15) is 0 Å². The van der Waals surface area contributed by atoms with Crippen LogP contribution >= 0.6 is 7.60 Å². The SMILES string of the molecule is COC(=O)N1c2ccccc2C=CC1P(=O)(OC)OC. The van der Waals surface area contributed by atoms with Crippen molar-refractivity contribution in [2.24, 2.45) is 0 Å². The normalized spacial score (nSPS) is 17.8. The van der Waals surface area contributed by atoms with Crippen LogP contribution in [0.3, 0.4) is 0 Å². The average molecular weight is 297 g/mol. The highest BCUT2D eigenvalue weighted by molar-refractivity contribution is 7.55. The number of hydrogen-bond acceptors (Lipinski definition) is 5. The lowest BCUT2D eigenvalue weighted by molar-refractivity contribution is 0.176. The Morgan fingerprint density at radius 2 is 1.85 bits per heavy atom. The molecule has 0 aromatic heterocycles. The van der Waals surface area contributed by atoms with Crippen LogP contribution in [0.1, 0.15) is 5.56 Å². The molecule has 0 bridgehead atoms. The lowest BCUT2D eigenvalue weighted by atomic mass is 10.1. The highest BCUT2D eigenvalue weighted by Crippen LogP contribution is 2.55. The zero-order valence-corrected chi connectivity index (χ0v) is 12.4. The Balaban J connectivity index is 2.55. The number of ether oxygens (including phenoxy) is 1. The third kappa shape index (κ3) is 2.38. The van der Waals surface area contributed by atoms with Crippen LogP contribution in [0.5, 0.6) is 0 Å². The molecule has 7 heteroatoms. The Morgan fingerprint density at radius 3 is 2.45 bits per heavy atom. The molecule has 0 fully saturated rings. The fraction of sp³-hybridized carbons (Fsp3) is 0.308. The van der Waals surface area contributed by atoms with Crippen LogP contribution in [0.2, 0.25) is 0 Å². The Bertz CT molecular complexity index is 578. The fourth-order valence-corrected chi connectivity index (χ4v) is 3.49. The molecule has 2 rings (SSSR count). The van der Waals surface area contributed by atoms with Crippen LogP contribution in [0, 0.1) is 0 Å². The van der Waals surface area contributed by atoms with E-state index in [0.29, 0.717) is 5.69 Å². The molecule has 6 nitrogen and oxygen atoms in total. The van der Waals surface area contributed by atoms with Crippen molar-refractivity contribution in [3.05, 3.63) is 35.9 Å². The first-order valence-corrected chi connectivity index (χ1v) is 7.54. The molecule has 0 aliphatic carbocycles. The first-order chi connectivity index (χ1) is 9.57. The second kappa shape index (κ2) is 5.79. The van der Waals surface area contributed by atoms with Gasteiger partial charge in [0.25, 0.3) is 0 Å². The van der Waals surface area contributed by atoms with Gasteiger partial charge in [-0.2, -0.15) is 0 Å². The van der Waals surface area contributed by atoms with Crippen molar-refractivity contribution in [3.8, 4) is 0 Å². The van der Waals surface area contributed by atoms with Crippen molar-refractivity contribution in [1.82, 2.24) is 0 Å². The van der Waals surface area contributed by atoms with Gasteiger partial charge in [0.05, 0.1) is 12.8 Å². The molecule has 1 aliphatic rings. The molecule has 1 atom stereocenters. The number of amides is 1. The maximum atomic E-state index is 12.6. The summed E-state index contributed by atoms with van der Waals surface area (Å²) >= 11 is 0. The second-order valence-corrected chi connectivity index (χ2v) is 6.42. The third-order valence-corrected chi connectivity index (χ3v) is 5.18. The minimum atomic E-state index is -3.50. The number of anilines is 1. The summed E-state index contributed by atoms with van der Waals surface area (Å²) in [6.45, 7) is 0. The predicted molar refractivity (Wildman–Crippen MR) is 75.8 cm³/mol. The number of fused-ring (bicyclic) bond motifs is 1. The largest absolute Gasteiger partial charge is 0.452 e. The number of carbonyl (C=O) groups is 1. The molecule has 108 valence electrons. The van der Waals surface area contributed by atoms with E-state index >= 15 is 0 Å². The van der Waals surface area contributed by atoms with E-state index < -0.39 is 19.5 Å². The molecule has 20 heavy (non-hydrogen) atoms. The molecule has 0 radical (unpaired) electrons. The van der Waals surface area contributed by atoms with Gasteiger partial charge in [-0.05, 0) is 17.7 Å². The number of nitrogens with zero attached hydrogens (tertiary/aromatic N) is 1. The quantitative estimate of drug-likeness (QED) is 0.802. The van der Waals surface area contributed by atoms with Crippen molar-refractivity contribution >= 4 is 25.5 Å². The number of rotatable bonds is 3. The Morgan fingerprint density at radius 1 is 1.20 bits per heavy atom. The standard InChI is InChI=1S/C13H16NO5P/c1-17-13(15)14-11-7-5-4-6-10(11)8-9-12(14)20(16,18-2)19-3/h4-9,12H,1-3H3. The molecule has 0 N–H and O–H groups in total.